The van der Waals surface area contributed by atoms with E-state index in [-0.39, 0.29) is 36.9 Å². The van der Waals surface area contributed by atoms with Crippen molar-refractivity contribution in [3.05, 3.63) is 65.6 Å². The lowest BCUT2D eigenvalue weighted by molar-refractivity contribution is -0.0448. The maximum absolute atomic E-state index is 14.1. The summed E-state index contributed by atoms with van der Waals surface area (Å²) in [4.78, 5) is 17.6. The number of halogens is 3. The van der Waals surface area contributed by atoms with Crippen molar-refractivity contribution in [1.29, 1.82) is 0 Å². The number of alkyl halides is 2. The molecular formula is C26H24F3N3O2. The van der Waals surface area contributed by atoms with Gasteiger partial charge in [0.25, 0.3) is 0 Å². The van der Waals surface area contributed by atoms with Crippen molar-refractivity contribution in [3.8, 4) is 16.9 Å². The van der Waals surface area contributed by atoms with Gasteiger partial charge >= 0.3 is 0 Å². The maximum Gasteiger partial charge on any atom is 0.248 e. The molecule has 0 saturated heterocycles. The summed E-state index contributed by atoms with van der Waals surface area (Å²) in [6, 6.07) is 11.7. The number of carbonyl (C=O) groups excluding carboxylic acids is 1. The van der Waals surface area contributed by atoms with Gasteiger partial charge in [-0.05, 0) is 53.8 Å². The molecule has 5 nitrogen and oxygen atoms in total. The molecule has 34 heavy (non-hydrogen) atoms. The molecule has 0 N–H and O–H groups in total. The summed E-state index contributed by atoms with van der Waals surface area (Å²) in [6.45, 7) is 0. The fourth-order valence-corrected chi connectivity index (χ4v) is 4.73. The third kappa shape index (κ3) is 4.36. The Morgan fingerprint density at radius 2 is 1.82 bits per heavy atom. The second kappa shape index (κ2) is 8.74. The van der Waals surface area contributed by atoms with E-state index >= 15 is 0 Å². The molecule has 1 fully saturated rings. The molecule has 5 rings (SSSR count). The lowest BCUT2D eigenvalue weighted by Gasteiger charge is -2.29. The summed E-state index contributed by atoms with van der Waals surface area (Å²) in [5.41, 5.74) is 3.45. The van der Waals surface area contributed by atoms with Crippen molar-refractivity contribution in [1.82, 2.24) is 9.78 Å². The first-order chi connectivity index (χ1) is 16.3. The molecule has 0 radical (unpaired) electrons. The van der Waals surface area contributed by atoms with Crippen molar-refractivity contribution in [2.24, 2.45) is 4.99 Å². The van der Waals surface area contributed by atoms with Gasteiger partial charge in [-0.3, -0.25) is 4.79 Å². The smallest absolute Gasteiger partial charge is 0.248 e. The van der Waals surface area contributed by atoms with Crippen LogP contribution in [0.4, 0.5) is 19.0 Å². The Morgan fingerprint density at radius 1 is 1.09 bits per heavy atom. The van der Waals surface area contributed by atoms with E-state index in [4.69, 9.17) is 9.73 Å². The van der Waals surface area contributed by atoms with Gasteiger partial charge in [0.05, 0.1) is 31.3 Å². The Kier molecular flexibility index (Phi) is 5.75. The molecule has 176 valence electrons. The van der Waals surface area contributed by atoms with Crippen LogP contribution in [0.25, 0.3) is 11.1 Å². The first-order valence-corrected chi connectivity index (χ1v) is 11.3. The predicted octanol–water partition coefficient (Wildman–Crippen LogP) is 6.35. The number of hydrogen-bond donors (Lipinski definition) is 0. The van der Waals surface area contributed by atoms with Crippen molar-refractivity contribution in [2.75, 3.05) is 7.11 Å². The molecule has 0 unspecified atom stereocenters. The molecular weight excluding hydrogens is 443 g/mol. The number of carbonyl (C=O) groups is 1. The van der Waals surface area contributed by atoms with Gasteiger partial charge in [-0.1, -0.05) is 18.2 Å². The zero-order valence-corrected chi connectivity index (χ0v) is 18.7. The van der Waals surface area contributed by atoms with E-state index in [9.17, 15) is 18.0 Å². The Morgan fingerprint density at radius 3 is 2.53 bits per heavy atom. The minimum Gasteiger partial charge on any atom is -0.497 e. The maximum atomic E-state index is 14.1. The third-order valence-electron chi connectivity index (χ3n) is 6.60. The number of rotatable bonds is 5. The lowest BCUT2D eigenvalue weighted by atomic mass is 9.91. The van der Waals surface area contributed by atoms with Crippen LogP contribution in [0.1, 0.15) is 54.1 Å². The number of nitrogens with zero attached hydrogens (tertiary/aromatic N) is 3. The average Bonchev–Trinajstić information content (AvgIpc) is 3.25. The highest BCUT2D eigenvalue weighted by Gasteiger charge is 2.37. The first kappa shape index (κ1) is 22.4. The standard InChI is InChI=1S/C26H24F3N3O2/c1-34-21-6-3-16(4-7-21)22-13-18(27)5-2-17(22)12-19-14-24(33)23-15-30-32(25(23)31-19)20-8-10-26(28,29)11-9-20/h2-7,13,15,20H,8-12,14H2,1H3. The van der Waals surface area contributed by atoms with Gasteiger partial charge in [0.15, 0.2) is 11.6 Å². The highest BCUT2D eigenvalue weighted by molar-refractivity contribution is 6.15. The van der Waals surface area contributed by atoms with Crippen LogP contribution in [0.15, 0.2) is 53.7 Å². The Bertz CT molecular complexity index is 1250. The molecule has 1 saturated carbocycles. The van der Waals surface area contributed by atoms with Crippen LogP contribution < -0.4 is 4.74 Å². The van der Waals surface area contributed by atoms with E-state index in [1.807, 2.05) is 24.3 Å². The summed E-state index contributed by atoms with van der Waals surface area (Å²) >= 11 is 0. The van der Waals surface area contributed by atoms with E-state index in [1.54, 1.807) is 17.9 Å². The van der Waals surface area contributed by atoms with Crippen molar-refractivity contribution in [2.45, 2.75) is 50.5 Å². The minimum atomic E-state index is -2.64. The molecule has 3 aromatic rings. The molecule has 8 heteroatoms. The van der Waals surface area contributed by atoms with Gasteiger partial charge in [0, 0.05) is 25.0 Å². The van der Waals surface area contributed by atoms with Crippen LogP contribution in [0.2, 0.25) is 0 Å². The summed E-state index contributed by atoms with van der Waals surface area (Å²) in [5, 5.41) is 4.34. The Hall–Kier alpha value is -3.42. The number of benzene rings is 2. The largest absolute Gasteiger partial charge is 0.497 e. The van der Waals surface area contributed by atoms with Crippen LogP contribution in [0.5, 0.6) is 5.75 Å². The highest BCUT2D eigenvalue weighted by Crippen LogP contribution is 2.41. The van der Waals surface area contributed by atoms with Crippen molar-refractivity contribution >= 4 is 17.3 Å². The molecule has 0 atom stereocenters. The number of Topliss-reactive ketones (excluding diaryl/α,β-unsaturated/α-hetero) is 1. The number of ketones is 1. The normalized spacial score (nSPS) is 17.9. The monoisotopic (exact) mass is 467 g/mol. The van der Waals surface area contributed by atoms with Crippen LogP contribution in [-0.4, -0.2) is 34.3 Å². The Balaban J connectivity index is 1.46. The number of ether oxygens (including phenoxy) is 1. The van der Waals surface area contributed by atoms with E-state index < -0.39 is 5.92 Å². The Labute approximate surface area is 195 Å². The summed E-state index contributed by atoms with van der Waals surface area (Å²) in [6.07, 6.45) is 2.18. The van der Waals surface area contributed by atoms with Gasteiger partial charge in [0.1, 0.15) is 11.6 Å². The molecule has 0 spiro atoms. The molecule has 0 amide bonds. The van der Waals surface area contributed by atoms with E-state index in [1.165, 1.54) is 18.3 Å². The van der Waals surface area contributed by atoms with Gasteiger partial charge in [-0.2, -0.15) is 5.10 Å². The first-order valence-electron chi connectivity index (χ1n) is 11.3. The van der Waals surface area contributed by atoms with Crippen LogP contribution in [0.3, 0.4) is 0 Å². The minimum absolute atomic E-state index is 0.0968. The molecule has 2 heterocycles. The van der Waals surface area contributed by atoms with Gasteiger partial charge in [-0.25, -0.2) is 22.8 Å². The number of aliphatic imine (C=N–C) groups is 1. The lowest BCUT2D eigenvalue weighted by Crippen LogP contribution is -2.27. The number of hydrogen-bond acceptors (Lipinski definition) is 4. The molecule has 1 aliphatic carbocycles. The number of aromatic nitrogens is 2. The van der Waals surface area contributed by atoms with Gasteiger partial charge < -0.3 is 4.74 Å². The fraction of sp³-hybridized carbons (Fsp3) is 0.346. The second-order valence-electron chi connectivity index (χ2n) is 8.90. The fourth-order valence-electron chi connectivity index (χ4n) is 4.73. The molecule has 1 aromatic heterocycles. The summed E-state index contributed by atoms with van der Waals surface area (Å²) in [5.74, 6) is -1.96. The molecule has 2 aromatic carbocycles. The molecule has 1 aliphatic heterocycles. The van der Waals surface area contributed by atoms with E-state index in [2.05, 4.69) is 5.10 Å². The number of methoxy groups -OCH3 is 1. The van der Waals surface area contributed by atoms with E-state index in [0.29, 0.717) is 47.7 Å². The van der Waals surface area contributed by atoms with Crippen molar-refractivity contribution < 1.29 is 22.7 Å². The third-order valence-corrected chi connectivity index (χ3v) is 6.60. The summed E-state index contributed by atoms with van der Waals surface area (Å²) in [7, 11) is 1.58. The van der Waals surface area contributed by atoms with Crippen LogP contribution in [-0.2, 0) is 6.42 Å². The van der Waals surface area contributed by atoms with Crippen LogP contribution >= 0.6 is 0 Å². The van der Waals surface area contributed by atoms with Gasteiger partial charge in [0.2, 0.25) is 5.92 Å². The second-order valence-corrected chi connectivity index (χ2v) is 8.90. The molecule has 2 aliphatic rings. The predicted molar refractivity (Wildman–Crippen MR) is 123 cm³/mol. The summed E-state index contributed by atoms with van der Waals surface area (Å²) < 4.78 is 48.2. The average molecular weight is 467 g/mol. The quantitative estimate of drug-likeness (QED) is 0.439. The van der Waals surface area contributed by atoms with Gasteiger partial charge in [-0.15, -0.1) is 0 Å². The zero-order chi connectivity index (χ0) is 23.9. The van der Waals surface area contributed by atoms with Crippen LogP contribution in [0, 0.1) is 5.82 Å². The SMILES string of the molecule is COc1ccc(-c2cc(F)ccc2CC2=Nc3c(cnn3C3CCC(F)(F)CC3)C(=O)C2)cc1. The van der Waals surface area contributed by atoms with Crippen molar-refractivity contribution in [3.63, 3.8) is 0 Å². The highest BCUT2D eigenvalue weighted by atomic mass is 19.3. The van der Waals surface area contributed by atoms with E-state index in [0.717, 1.165) is 11.1 Å². The number of fused-ring (bicyclic) bond motifs is 1. The topological polar surface area (TPSA) is 56.5 Å². The zero-order valence-electron chi connectivity index (χ0n) is 18.7. The molecule has 0 bridgehead atoms.